The van der Waals surface area contributed by atoms with Crippen LogP contribution in [-0.2, 0) is 9.59 Å². The lowest BCUT2D eigenvalue weighted by atomic mass is 10.2. The maximum absolute atomic E-state index is 12.0. The lowest BCUT2D eigenvalue weighted by Gasteiger charge is -2.23. The minimum Gasteiger partial charge on any atom is -0.324 e. The molecular formula is C13H13N3O2S2. The Bertz CT molecular complexity index is 589. The molecule has 2 heterocycles. The van der Waals surface area contributed by atoms with Gasteiger partial charge in [-0.1, -0.05) is 23.9 Å². The van der Waals surface area contributed by atoms with Gasteiger partial charge in [0.25, 0.3) is 0 Å². The van der Waals surface area contributed by atoms with E-state index in [0.29, 0.717) is 5.17 Å². The number of thioether (sulfide) groups is 2. The molecule has 1 atom stereocenters. The van der Waals surface area contributed by atoms with Crippen molar-refractivity contribution in [2.45, 2.75) is 16.6 Å². The van der Waals surface area contributed by atoms with Gasteiger partial charge in [0, 0.05) is 17.1 Å². The van der Waals surface area contributed by atoms with Gasteiger partial charge in [0.1, 0.15) is 0 Å². The van der Waals surface area contributed by atoms with E-state index < -0.39 is 5.25 Å². The summed E-state index contributed by atoms with van der Waals surface area (Å²) < 4.78 is 0. The molecule has 1 unspecified atom stereocenters. The molecular weight excluding hydrogens is 294 g/mol. The standard InChI is InChI=1S/C13H13N3O2S2/c17-11(16-13-14-5-6-19-13)7-10-12(18)15-8-3-1-2-4-9(8)20-10/h1-4,10H,5-7H2,(H,15,18)(H,14,16,17). The first-order valence-electron chi connectivity index (χ1n) is 6.26. The molecule has 1 aromatic rings. The number of amidine groups is 1. The molecule has 2 aliphatic rings. The third kappa shape index (κ3) is 2.99. The molecule has 5 nitrogen and oxygen atoms in total. The summed E-state index contributed by atoms with van der Waals surface area (Å²) in [6.07, 6.45) is 0.157. The van der Waals surface area contributed by atoms with Crippen LogP contribution in [0.25, 0.3) is 0 Å². The fourth-order valence-electron chi connectivity index (χ4n) is 1.98. The predicted molar refractivity (Wildman–Crippen MR) is 82.2 cm³/mol. The van der Waals surface area contributed by atoms with Crippen LogP contribution in [0.4, 0.5) is 5.69 Å². The Kier molecular flexibility index (Phi) is 3.98. The zero-order chi connectivity index (χ0) is 13.9. The Hall–Kier alpha value is -1.47. The Morgan fingerprint density at radius 1 is 1.45 bits per heavy atom. The van der Waals surface area contributed by atoms with Gasteiger partial charge in [-0.15, -0.1) is 11.8 Å². The highest BCUT2D eigenvalue weighted by molar-refractivity contribution is 8.14. The van der Waals surface area contributed by atoms with E-state index in [1.807, 2.05) is 24.3 Å². The summed E-state index contributed by atoms with van der Waals surface area (Å²) in [6.45, 7) is 0.742. The number of anilines is 1. The minimum atomic E-state index is -0.392. The van der Waals surface area contributed by atoms with Crippen LogP contribution < -0.4 is 10.6 Å². The molecule has 0 aromatic heterocycles. The van der Waals surface area contributed by atoms with E-state index >= 15 is 0 Å². The Labute approximate surface area is 125 Å². The van der Waals surface area contributed by atoms with E-state index in [-0.39, 0.29) is 18.2 Å². The van der Waals surface area contributed by atoms with Crippen LogP contribution in [0.1, 0.15) is 6.42 Å². The normalized spacial score (nSPS) is 20.9. The summed E-state index contributed by atoms with van der Waals surface area (Å²) >= 11 is 2.96. The largest absolute Gasteiger partial charge is 0.324 e. The molecule has 1 aromatic carbocycles. The number of hydrogen-bond acceptors (Lipinski definition) is 5. The second-order valence-corrected chi connectivity index (χ2v) is 6.71. The zero-order valence-corrected chi connectivity index (χ0v) is 12.2. The van der Waals surface area contributed by atoms with Gasteiger partial charge in [-0.25, -0.2) is 0 Å². The second kappa shape index (κ2) is 5.88. The van der Waals surface area contributed by atoms with Crippen molar-refractivity contribution in [3.05, 3.63) is 24.3 Å². The smallest absolute Gasteiger partial charge is 0.238 e. The number of aliphatic imine (C=N–C) groups is 1. The molecule has 2 N–H and O–H groups in total. The van der Waals surface area contributed by atoms with Crippen molar-refractivity contribution in [3.8, 4) is 0 Å². The molecule has 0 spiro atoms. The van der Waals surface area contributed by atoms with Crippen LogP contribution in [0.2, 0.25) is 0 Å². The number of carbonyl (C=O) groups excluding carboxylic acids is 2. The predicted octanol–water partition coefficient (Wildman–Crippen LogP) is 1.71. The van der Waals surface area contributed by atoms with Crippen molar-refractivity contribution in [2.24, 2.45) is 4.99 Å². The summed E-state index contributed by atoms with van der Waals surface area (Å²) in [5.74, 6) is 0.622. The quantitative estimate of drug-likeness (QED) is 0.872. The molecule has 0 fully saturated rings. The summed E-state index contributed by atoms with van der Waals surface area (Å²) in [5, 5.41) is 5.86. The second-order valence-electron chi connectivity index (χ2n) is 4.38. The molecule has 7 heteroatoms. The number of para-hydroxylation sites is 1. The van der Waals surface area contributed by atoms with E-state index in [9.17, 15) is 9.59 Å². The maximum atomic E-state index is 12.0. The average Bonchev–Trinajstić information content (AvgIpc) is 2.92. The van der Waals surface area contributed by atoms with E-state index in [2.05, 4.69) is 15.6 Å². The van der Waals surface area contributed by atoms with E-state index in [4.69, 9.17) is 0 Å². The van der Waals surface area contributed by atoms with Crippen LogP contribution in [0.5, 0.6) is 0 Å². The van der Waals surface area contributed by atoms with Crippen molar-refractivity contribution < 1.29 is 9.59 Å². The molecule has 3 rings (SSSR count). The Balaban J connectivity index is 1.63. The number of carbonyl (C=O) groups is 2. The number of hydrogen-bond donors (Lipinski definition) is 2. The van der Waals surface area contributed by atoms with Crippen molar-refractivity contribution in [3.63, 3.8) is 0 Å². The number of nitrogens with one attached hydrogen (secondary N) is 2. The zero-order valence-electron chi connectivity index (χ0n) is 10.6. The first kappa shape index (κ1) is 13.5. The van der Waals surface area contributed by atoms with Gasteiger partial charge in [0.2, 0.25) is 11.8 Å². The maximum Gasteiger partial charge on any atom is 0.238 e. The molecule has 0 aliphatic carbocycles. The minimum absolute atomic E-state index is 0.120. The topological polar surface area (TPSA) is 70.6 Å². The van der Waals surface area contributed by atoms with Gasteiger partial charge in [0.05, 0.1) is 17.5 Å². The average molecular weight is 307 g/mol. The highest BCUT2D eigenvalue weighted by Crippen LogP contribution is 2.36. The van der Waals surface area contributed by atoms with Gasteiger partial charge in [0.15, 0.2) is 5.17 Å². The SMILES string of the molecule is O=C(CC1Sc2ccccc2NC1=O)NC1=NCCS1. The lowest BCUT2D eigenvalue weighted by molar-refractivity contribution is -0.123. The highest BCUT2D eigenvalue weighted by Gasteiger charge is 2.29. The number of nitrogens with zero attached hydrogens (tertiary/aromatic N) is 1. The molecule has 0 bridgehead atoms. The van der Waals surface area contributed by atoms with Crippen LogP contribution in [0.15, 0.2) is 34.2 Å². The van der Waals surface area contributed by atoms with E-state index in [0.717, 1.165) is 22.9 Å². The number of amides is 2. The van der Waals surface area contributed by atoms with Crippen molar-refractivity contribution in [1.82, 2.24) is 5.32 Å². The number of rotatable bonds is 2. The van der Waals surface area contributed by atoms with Crippen molar-refractivity contribution in [1.29, 1.82) is 0 Å². The lowest BCUT2D eigenvalue weighted by Crippen LogP contribution is -2.36. The van der Waals surface area contributed by atoms with Crippen LogP contribution in [0, 0.1) is 0 Å². The molecule has 0 saturated heterocycles. The molecule has 104 valence electrons. The van der Waals surface area contributed by atoms with Gasteiger partial charge < -0.3 is 10.6 Å². The van der Waals surface area contributed by atoms with Crippen molar-refractivity contribution in [2.75, 3.05) is 17.6 Å². The van der Waals surface area contributed by atoms with E-state index in [1.165, 1.54) is 23.5 Å². The summed E-state index contributed by atoms with van der Waals surface area (Å²) in [5.41, 5.74) is 0.815. The molecule has 20 heavy (non-hydrogen) atoms. The first-order chi connectivity index (χ1) is 9.72. The van der Waals surface area contributed by atoms with Gasteiger partial charge in [-0.05, 0) is 12.1 Å². The van der Waals surface area contributed by atoms with Crippen LogP contribution in [0.3, 0.4) is 0 Å². The Morgan fingerprint density at radius 3 is 3.10 bits per heavy atom. The third-order valence-corrected chi connectivity index (χ3v) is 5.08. The van der Waals surface area contributed by atoms with Gasteiger partial charge in [-0.3, -0.25) is 14.6 Å². The molecule has 2 amide bonds. The summed E-state index contributed by atoms with van der Waals surface area (Å²) in [6, 6.07) is 7.61. The van der Waals surface area contributed by atoms with Crippen LogP contribution >= 0.6 is 23.5 Å². The molecule has 0 radical (unpaired) electrons. The highest BCUT2D eigenvalue weighted by atomic mass is 32.2. The Morgan fingerprint density at radius 2 is 2.30 bits per heavy atom. The third-order valence-electron chi connectivity index (χ3n) is 2.91. The fourth-order valence-corrected chi connectivity index (χ4v) is 3.83. The monoisotopic (exact) mass is 307 g/mol. The van der Waals surface area contributed by atoms with E-state index in [1.54, 1.807) is 0 Å². The molecule has 0 saturated carbocycles. The van der Waals surface area contributed by atoms with Crippen LogP contribution in [-0.4, -0.2) is 34.5 Å². The molecule has 2 aliphatic heterocycles. The number of fused-ring (bicyclic) bond motifs is 1. The first-order valence-corrected chi connectivity index (χ1v) is 8.12. The summed E-state index contributed by atoms with van der Waals surface area (Å²) in [4.78, 5) is 29.1. The summed E-state index contributed by atoms with van der Waals surface area (Å²) in [7, 11) is 0. The fraction of sp³-hybridized carbons (Fsp3) is 0.308. The van der Waals surface area contributed by atoms with Gasteiger partial charge >= 0.3 is 0 Å². The van der Waals surface area contributed by atoms with Crippen molar-refractivity contribution >= 4 is 46.2 Å². The number of benzene rings is 1. The van der Waals surface area contributed by atoms with Gasteiger partial charge in [-0.2, -0.15) is 0 Å².